The molecule has 0 unspecified atom stereocenters. The van der Waals surface area contributed by atoms with Crippen LogP contribution in [0.2, 0.25) is 0 Å². The quantitative estimate of drug-likeness (QED) is 0.714. The van der Waals surface area contributed by atoms with Gasteiger partial charge in [0.1, 0.15) is 11.8 Å². The zero-order chi connectivity index (χ0) is 14.5. The molecule has 0 amide bonds. The molecule has 0 saturated heterocycles. The van der Waals surface area contributed by atoms with Crippen molar-refractivity contribution >= 4 is 15.9 Å². The summed E-state index contributed by atoms with van der Waals surface area (Å²) in [6, 6.07) is 13.5. The van der Waals surface area contributed by atoms with E-state index in [0.717, 1.165) is 15.7 Å². The van der Waals surface area contributed by atoms with Gasteiger partial charge in [-0.1, -0.05) is 33.3 Å². The summed E-state index contributed by atoms with van der Waals surface area (Å²) in [5.74, 6) is 0.600. The molecule has 0 spiro atoms. The first-order valence-electron chi connectivity index (χ1n) is 6.08. The van der Waals surface area contributed by atoms with Crippen molar-refractivity contribution in [3.63, 3.8) is 0 Å². The number of aromatic nitrogens is 1. The Morgan fingerprint density at radius 1 is 1.43 bits per heavy atom. The summed E-state index contributed by atoms with van der Waals surface area (Å²) >= 11 is 3.47. The molecule has 0 aliphatic rings. The fourth-order valence-corrected chi connectivity index (χ4v) is 2.45. The second-order valence-corrected chi connectivity index (χ2v) is 4.85. The predicted molar refractivity (Wildman–Crippen MR) is 79.5 cm³/mol. The number of nitriles is 1. The van der Waals surface area contributed by atoms with Crippen LogP contribution in [0.25, 0.3) is 11.3 Å². The molecule has 0 fully saturated rings. The molecule has 0 N–H and O–H groups in total. The maximum Gasteiger partial charge on any atom is 0.194 e. The molecule has 1 aromatic carbocycles. The van der Waals surface area contributed by atoms with Gasteiger partial charge in [0, 0.05) is 39.3 Å². The van der Waals surface area contributed by atoms with E-state index in [0.29, 0.717) is 12.3 Å². The molecule has 1 aromatic heterocycles. The molecule has 105 valence electrons. The smallest absolute Gasteiger partial charge is 0.194 e. The summed E-state index contributed by atoms with van der Waals surface area (Å²) in [4.78, 5) is 11.8. The Bertz CT molecular complexity index is 722. The number of pyridine rings is 1. The van der Waals surface area contributed by atoms with E-state index in [1.165, 1.54) is 6.07 Å². The van der Waals surface area contributed by atoms with Crippen molar-refractivity contribution in [2.45, 2.75) is 13.5 Å². The summed E-state index contributed by atoms with van der Waals surface area (Å²) in [5, 5.41) is 8.50. The van der Waals surface area contributed by atoms with E-state index >= 15 is 0 Å². The van der Waals surface area contributed by atoms with Crippen molar-refractivity contribution in [2.75, 3.05) is 6.61 Å². The Hall–Kier alpha value is -0.956. The SMILES string of the molecule is CCn1c(-c2ccc(OCC#N)cc2Br)[c-]ccc1=O.[Y]. The Balaban J connectivity index is 0.00000220. The van der Waals surface area contributed by atoms with Crippen molar-refractivity contribution in [3.05, 3.63) is 51.2 Å². The van der Waals surface area contributed by atoms with E-state index in [1.807, 2.05) is 19.1 Å². The maximum absolute atomic E-state index is 11.8. The van der Waals surface area contributed by atoms with Crippen LogP contribution in [0.4, 0.5) is 0 Å². The number of hydrogen-bond acceptors (Lipinski definition) is 3. The fourth-order valence-electron chi connectivity index (χ4n) is 1.90. The molecular formula is C15H12BrN2O2Y-. The van der Waals surface area contributed by atoms with Gasteiger partial charge in [-0.25, -0.2) is 0 Å². The summed E-state index contributed by atoms with van der Waals surface area (Å²) in [6.07, 6.45) is 0. The zero-order valence-electron chi connectivity index (χ0n) is 11.5. The van der Waals surface area contributed by atoms with Crippen LogP contribution in [0.1, 0.15) is 6.92 Å². The second kappa shape index (κ2) is 8.48. The van der Waals surface area contributed by atoms with E-state index in [4.69, 9.17) is 10.00 Å². The molecule has 2 rings (SSSR count). The predicted octanol–water partition coefficient (Wildman–Crippen LogP) is 3.00. The third-order valence-electron chi connectivity index (χ3n) is 2.80. The van der Waals surface area contributed by atoms with Gasteiger partial charge in [0.05, 0.1) is 0 Å². The first kappa shape index (κ1) is 18.1. The van der Waals surface area contributed by atoms with Gasteiger partial charge in [0.15, 0.2) is 12.2 Å². The molecule has 21 heavy (non-hydrogen) atoms. The molecule has 2 aromatic rings. The van der Waals surface area contributed by atoms with E-state index in [1.54, 1.807) is 22.8 Å². The average Bonchev–Trinajstić information content (AvgIpc) is 2.45. The third-order valence-corrected chi connectivity index (χ3v) is 3.45. The van der Waals surface area contributed by atoms with Crippen LogP contribution in [0.3, 0.4) is 0 Å². The van der Waals surface area contributed by atoms with Crippen LogP contribution in [-0.2, 0) is 39.3 Å². The summed E-state index contributed by atoms with van der Waals surface area (Å²) in [5.41, 5.74) is 1.52. The number of ether oxygens (including phenoxy) is 1. The second-order valence-electron chi connectivity index (χ2n) is 4.00. The van der Waals surface area contributed by atoms with E-state index in [9.17, 15) is 4.79 Å². The molecule has 1 radical (unpaired) electrons. The standard InChI is InChI=1S/C15H12BrN2O2.Y/c1-2-18-14(4-3-5-15(18)19)12-7-6-11(10-13(12)16)20-9-8-17;/h3,5-7,10H,2,9H2,1H3;/q-1;. The Morgan fingerprint density at radius 3 is 2.81 bits per heavy atom. The first-order valence-corrected chi connectivity index (χ1v) is 6.88. The molecular weight excluding hydrogens is 409 g/mol. The topological polar surface area (TPSA) is 55.0 Å². The molecule has 0 bridgehead atoms. The van der Waals surface area contributed by atoms with Crippen molar-refractivity contribution in [1.29, 1.82) is 5.26 Å². The summed E-state index contributed by atoms with van der Waals surface area (Å²) in [6.45, 7) is 2.49. The molecule has 6 heteroatoms. The molecule has 1 heterocycles. The van der Waals surface area contributed by atoms with Crippen LogP contribution in [0, 0.1) is 17.4 Å². The number of halogens is 1. The van der Waals surface area contributed by atoms with Crippen LogP contribution in [0.5, 0.6) is 5.75 Å². The van der Waals surface area contributed by atoms with Crippen LogP contribution in [-0.4, -0.2) is 11.2 Å². The van der Waals surface area contributed by atoms with Crippen molar-refractivity contribution in [2.24, 2.45) is 0 Å². The van der Waals surface area contributed by atoms with E-state index in [2.05, 4.69) is 22.0 Å². The van der Waals surface area contributed by atoms with Gasteiger partial charge in [-0.05, 0) is 23.5 Å². The molecule has 0 saturated carbocycles. The molecule has 4 nitrogen and oxygen atoms in total. The minimum absolute atomic E-state index is 0. The van der Waals surface area contributed by atoms with Crippen LogP contribution in [0.15, 0.2) is 39.6 Å². The van der Waals surface area contributed by atoms with Gasteiger partial charge in [0.2, 0.25) is 0 Å². The number of nitrogens with zero attached hydrogens (tertiary/aromatic N) is 2. The van der Waals surface area contributed by atoms with Gasteiger partial charge in [-0.3, -0.25) is 4.79 Å². The number of rotatable bonds is 4. The van der Waals surface area contributed by atoms with Crippen LogP contribution < -0.4 is 10.3 Å². The van der Waals surface area contributed by atoms with E-state index < -0.39 is 0 Å². The van der Waals surface area contributed by atoms with Gasteiger partial charge in [-0.2, -0.15) is 17.4 Å². The summed E-state index contributed by atoms with van der Waals surface area (Å²) in [7, 11) is 0. The minimum atomic E-state index is -0.0574. The van der Waals surface area contributed by atoms with Gasteiger partial charge in [0.25, 0.3) is 0 Å². The van der Waals surface area contributed by atoms with Crippen molar-refractivity contribution in [1.82, 2.24) is 4.57 Å². The minimum Gasteiger partial charge on any atom is -0.479 e. The first-order chi connectivity index (χ1) is 9.67. The normalized spacial score (nSPS) is 9.57. The maximum atomic E-state index is 11.8. The van der Waals surface area contributed by atoms with Gasteiger partial charge in [-0.15, -0.1) is 6.07 Å². The molecule has 0 aliphatic heterocycles. The zero-order valence-corrected chi connectivity index (χ0v) is 15.9. The molecule has 0 aliphatic carbocycles. The van der Waals surface area contributed by atoms with Gasteiger partial charge >= 0.3 is 0 Å². The fraction of sp³-hybridized carbons (Fsp3) is 0.200. The van der Waals surface area contributed by atoms with Gasteiger partial charge < -0.3 is 9.30 Å². The Morgan fingerprint density at radius 2 is 2.19 bits per heavy atom. The largest absolute Gasteiger partial charge is 0.479 e. The molecule has 0 atom stereocenters. The van der Waals surface area contributed by atoms with Crippen molar-refractivity contribution < 1.29 is 37.4 Å². The van der Waals surface area contributed by atoms with Crippen LogP contribution >= 0.6 is 15.9 Å². The van der Waals surface area contributed by atoms with E-state index in [-0.39, 0.29) is 44.9 Å². The monoisotopic (exact) mass is 420 g/mol. The average molecular weight is 421 g/mol. The van der Waals surface area contributed by atoms with Crippen molar-refractivity contribution in [3.8, 4) is 23.1 Å². The Kier molecular flexibility index (Phi) is 7.30. The Labute approximate surface area is 156 Å². The number of benzene rings is 1. The third kappa shape index (κ3) is 4.26. The summed E-state index contributed by atoms with van der Waals surface area (Å²) < 4.78 is 7.67. The number of hydrogen-bond donors (Lipinski definition) is 0.